The van der Waals surface area contributed by atoms with E-state index in [0.29, 0.717) is 47.1 Å². The van der Waals surface area contributed by atoms with Gasteiger partial charge in [0.25, 0.3) is 5.56 Å². The Hall–Kier alpha value is -3.83. The van der Waals surface area contributed by atoms with Crippen LogP contribution in [0.1, 0.15) is 94.9 Å². The third-order valence-electron chi connectivity index (χ3n) is 14.0. The molecule has 8 rings (SSSR count). The van der Waals surface area contributed by atoms with E-state index in [-0.39, 0.29) is 23.0 Å². The number of aliphatic hydroxyl groups excluding tert-OH is 1. The van der Waals surface area contributed by atoms with Gasteiger partial charge < -0.3 is 25.6 Å². The molecule has 4 fully saturated rings. The third-order valence-corrected chi connectivity index (χ3v) is 14.0. The van der Waals surface area contributed by atoms with Crippen LogP contribution in [0, 0.1) is 40.3 Å². The maximum atomic E-state index is 14.6. The van der Waals surface area contributed by atoms with Crippen molar-refractivity contribution in [3.05, 3.63) is 63.8 Å². The minimum Gasteiger partial charge on any atom is -0.491 e. The molecule has 1 aromatic heterocycles. The molecule has 0 radical (unpaired) electrons. The van der Waals surface area contributed by atoms with Crippen LogP contribution in [-0.2, 0) is 4.74 Å². The molecule has 11 heteroatoms. The van der Waals surface area contributed by atoms with Crippen LogP contribution < -0.4 is 21.3 Å². The van der Waals surface area contributed by atoms with Crippen LogP contribution in [0.5, 0.6) is 5.75 Å². The molecule has 0 amide bonds. The molecule has 2 heterocycles. The highest BCUT2D eigenvalue weighted by Gasteiger charge is 2.60. The van der Waals surface area contributed by atoms with Crippen molar-refractivity contribution in [2.45, 2.75) is 95.8 Å². The van der Waals surface area contributed by atoms with Gasteiger partial charge in [-0.1, -0.05) is 26.0 Å². The summed E-state index contributed by atoms with van der Waals surface area (Å²) >= 11 is 0. The zero-order valence-corrected chi connectivity index (χ0v) is 29.9. The first kappa shape index (κ1) is 34.3. The van der Waals surface area contributed by atoms with Gasteiger partial charge in [-0.25, -0.2) is 14.5 Å². The van der Waals surface area contributed by atoms with Crippen molar-refractivity contribution >= 4 is 28.6 Å². The van der Waals surface area contributed by atoms with E-state index in [4.69, 9.17) is 15.2 Å². The molecule has 2 unspecified atom stereocenters. The van der Waals surface area contributed by atoms with Crippen LogP contribution in [0.2, 0.25) is 0 Å². The van der Waals surface area contributed by atoms with Crippen LogP contribution in [0.15, 0.2) is 51.2 Å². The smallest absolute Gasteiger partial charge is 0.272 e. The van der Waals surface area contributed by atoms with Crippen LogP contribution >= 0.6 is 0 Å². The highest BCUT2D eigenvalue weighted by atomic mass is 19.1. The predicted molar refractivity (Wildman–Crippen MR) is 197 cm³/mol. The SMILES string of the molecule is CN=C(N=CN)C1c2n[nH]c(=O)c3cc(F)cc(c23)NC1c1ccc(OCCO[C@H]2CC[C@H]3[C@@H]4CC[C@H]5C[C@H](O)CC[C@]5(C)[C@H]4CC[C@]23C)cc1. The molecule has 2 aromatic carbocycles. The Labute approximate surface area is 298 Å². The largest absolute Gasteiger partial charge is 0.491 e. The topological polar surface area (TPSA) is 147 Å². The molecule has 5 N–H and O–H groups in total. The van der Waals surface area contributed by atoms with Crippen molar-refractivity contribution in [2.24, 2.45) is 50.2 Å². The van der Waals surface area contributed by atoms with Gasteiger partial charge in [0.15, 0.2) is 0 Å². The minimum atomic E-state index is -0.516. The summed E-state index contributed by atoms with van der Waals surface area (Å²) in [4.78, 5) is 21.3. The number of H-pyrrole nitrogens is 1. The Morgan fingerprint density at radius 2 is 1.84 bits per heavy atom. The Morgan fingerprint density at radius 3 is 2.63 bits per heavy atom. The quantitative estimate of drug-likeness (QED) is 0.125. The van der Waals surface area contributed by atoms with Crippen molar-refractivity contribution in [1.29, 1.82) is 0 Å². The molecule has 0 spiro atoms. The number of rotatable bonds is 7. The van der Waals surface area contributed by atoms with Crippen molar-refractivity contribution < 1.29 is 19.0 Å². The van der Waals surface area contributed by atoms with E-state index >= 15 is 0 Å². The fourth-order valence-corrected chi connectivity index (χ4v) is 11.5. The van der Waals surface area contributed by atoms with Crippen molar-refractivity contribution in [2.75, 3.05) is 25.6 Å². The number of amidine groups is 1. The summed E-state index contributed by atoms with van der Waals surface area (Å²) in [5.41, 5.74) is 7.74. The monoisotopic (exact) mass is 698 g/mol. The second-order valence-corrected chi connectivity index (χ2v) is 16.3. The zero-order valence-electron chi connectivity index (χ0n) is 29.9. The van der Waals surface area contributed by atoms with E-state index in [0.717, 1.165) is 48.3 Å². The van der Waals surface area contributed by atoms with Crippen LogP contribution in [-0.4, -0.2) is 59.9 Å². The molecule has 10 nitrogen and oxygen atoms in total. The van der Waals surface area contributed by atoms with Gasteiger partial charge in [-0.3, -0.25) is 9.79 Å². The van der Waals surface area contributed by atoms with Crippen molar-refractivity contribution in [1.82, 2.24) is 10.2 Å². The first-order valence-corrected chi connectivity index (χ1v) is 18.9. The first-order chi connectivity index (χ1) is 24.6. The molecule has 51 heavy (non-hydrogen) atoms. The van der Waals surface area contributed by atoms with Gasteiger partial charge >= 0.3 is 0 Å². The van der Waals surface area contributed by atoms with Crippen LogP contribution in [0.3, 0.4) is 0 Å². The van der Waals surface area contributed by atoms with E-state index in [9.17, 15) is 14.3 Å². The molecule has 10 atom stereocenters. The maximum absolute atomic E-state index is 14.6. The summed E-state index contributed by atoms with van der Waals surface area (Å²) in [6, 6.07) is 9.97. The van der Waals surface area contributed by atoms with Gasteiger partial charge in [0.05, 0.1) is 48.2 Å². The number of nitrogens with one attached hydrogen (secondary N) is 2. The summed E-state index contributed by atoms with van der Waals surface area (Å²) in [7, 11) is 1.63. The van der Waals surface area contributed by atoms with E-state index in [1.54, 1.807) is 7.05 Å². The van der Waals surface area contributed by atoms with Crippen LogP contribution in [0.4, 0.5) is 10.1 Å². The number of hydrogen-bond acceptors (Lipinski definition) is 7. The number of nitrogens with two attached hydrogens (primary N) is 1. The predicted octanol–water partition coefficient (Wildman–Crippen LogP) is 6.50. The Bertz CT molecular complexity index is 1900. The molecule has 1 aliphatic heterocycles. The standard InChI is InChI=1S/C40H51FN6O4/c1-39-14-12-25(48)18-23(39)6-9-27-29-10-11-32(40(29,2)15-13-30(27)39)51-17-16-50-26-7-4-22(5-8-26)35-34(37(43-3)44-21-42)36-33-28(38(49)47-46-36)19-24(41)20-31(33)45-35/h4-5,7-8,19-21,23,25,27,29-30,32,34-35,45,48H,6,9-18H2,1-3H3,(H,47,49)(H2,42,43,44)/t23-,25+,27-,29-,30-,32-,34?,35?,39-,40-/m0/s1. The van der Waals surface area contributed by atoms with E-state index < -0.39 is 23.3 Å². The number of anilines is 1. The fraction of sp³-hybridized carbons (Fsp3) is 0.600. The summed E-state index contributed by atoms with van der Waals surface area (Å²) < 4.78 is 27.4. The summed E-state index contributed by atoms with van der Waals surface area (Å²) in [6.45, 7) is 6.04. The van der Waals surface area contributed by atoms with Gasteiger partial charge in [-0.15, -0.1) is 0 Å². The number of aliphatic imine (C=N–C) groups is 2. The summed E-state index contributed by atoms with van der Waals surface area (Å²) in [5, 5.41) is 21.5. The second kappa shape index (κ2) is 13.3. The number of aliphatic hydroxyl groups is 1. The lowest BCUT2D eigenvalue weighted by Gasteiger charge is -2.60. The molecular formula is C40H51FN6O4. The Morgan fingerprint density at radius 1 is 1.06 bits per heavy atom. The van der Waals surface area contributed by atoms with E-state index in [2.05, 4.69) is 39.3 Å². The lowest BCUT2D eigenvalue weighted by molar-refractivity contribution is -0.142. The lowest BCUT2D eigenvalue weighted by Crippen LogP contribution is -2.54. The summed E-state index contributed by atoms with van der Waals surface area (Å²) in [5.74, 6) is 3.09. The van der Waals surface area contributed by atoms with Crippen molar-refractivity contribution in [3.8, 4) is 5.75 Å². The maximum Gasteiger partial charge on any atom is 0.272 e. The second-order valence-electron chi connectivity index (χ2n) is 16.3. The number of benzene rings is 2. The van der Waals surface area contributed by atoms with Gasteiger partial charge in [0.2, 0.25) is 0 Å². The van der Waals surface area contributed by atoms with Gasteiger partial charge in [0, 0.05) is 18.1 Å². The zero-order chi connectivity index (χ0) is 35.5. The normalized spacial score (nSPS) is 36.0. The number of fused-ring (bicyclic) bond motifs is 5. The third kappa shape index (κ3) is 5.75. The van der Waals surface area contributed by atoms with Gasteiger partial charge in [-0.2, -0.15) is 5.10 Å². The average Bonchev–Trinajstić information content (AvgIpc) is 3.46. The highest BCUT2D eigenvalue weighted by molar-refractivity contribution is 6.04. The Balaban J connectivity index is 0.920. The van der Waals surface area contributed by atoms with E-state index in [1.165, 1.54) is 57.0 Å². The highest BCUT2D eigenvalue weighted by Crippen LogP contribution is 2.66. The average molecular weight is 699 g/mol. The first-order valence-electron chi connectivity index (χ1n) is 18.9. The summed E-state index contributed by atoms with van der Waals surface area (Å²) in [6.07, 6.45) is 12.0. The number of halogens is 1. The lowest BCUT2D eigenvalue weighted by atomic mass is 9.45. The molecule has 0 bridgehead atoms. The molecule has 4 saturated carbocycles. The van der Waals surface area contributed by atoms with E-state index in [1.807, 2.05) is 24.3 Å². The van der Waals surface area contributed by atoms with Crippen molar-refractivity contribution in [3.63, 3.8) is 0 Å². The molecule has 3 aromatic rings. The van der Waals surface area contributed by atoms with Gasteiger partial charge in [0.1, 0.15) is 24.0 Å². The molecule has 5 aliphatic rings. The number of hydrogen-bond donors (Lipinski definition) is 4. The Kier molecular flexibility index (Phi) is 8.93. The number of nitrogens with zero attached hydrogens (tertiary/aromatic N) is 3. The van der Waals surface area contributed by atoms with Crippen LogP contribution in [0.25, 0.3) is 10.8 Å². The van der Waals surface area contributed by atoms with Gasteiger partial charge in [-0.05, 0) is 122 Å². The number of ether oxygens (including phenoxy) is 2. The molecular weight excluding hydrogens is 647 g/mol. The number of aromatic nitrogens is 2. The number of aromatic amines is 1. The minimum absolute atomic E-state index is 0.0996. The molecule has 0 saturated heterocycles. The molecule has 4 aliphatic carbocycles. The fourth-order valence-electron chi connectivity index (χ4n) is 11.5. The molecule has 272 valence electrons.